The summed E-state index contributed by atoms with van der Waals surface area (Å²) < 4.78 is 0. The molecule has 0 radical (unpaired) electrons. The maximum absolute atomic E-state index is 6.11. The van der Waals surface area contributed by atoms with Crippen molar-refractivity contribution in [2.45, 2.75) is 9.79 Å². The van der Waals surface area contributed by atoms with Gasteiger partial charge in [0.15, 0.2) is 0 Å². The third-order valence-corrected chi connectivity index (χ3v) is 4.26. The van der Waals surface area contributed by atoms with Gasteiger partial charge < -0.3 is 4.90 Å². The fourth-order valence-electron chi connectivity index (χ4n) is 2.13. The summed E-state index contributed by atoms with van der Waals surface area (Å²) in [6.07, 6.45) is 1.91. The number of hydrogen-bond acceptors (Lipinski definition) is 2. The van der Waals surface area contributed by atoms with E-state index in [1.165, 1.54) is 15.5 Å². The molecule has 0 aliphatic carbocycles. The Labute approximate surface area is 116 Å². The Hall–Kier alpha value is -1.38. The van der Waals surface area contributed by atoms with Crippen LogP contribution in [0.2, 0.25) is 5.02 Å². The maximum atomic E-state index is 6.11. The Morgan fingerprint density at radius 1 is 1.11 bits per heavy atom. The first-order chi connectivity index (χ1) is 8.79. The van der Waals surface area contributed by atoms with Gasteiger partial charge in [-0.3, -0.25) is 0 Å². The van der Waals surface area contributed by atoms with Gasteiger partial charge in [0.25, 0.3) is 0 Å². The monoisotopic (exact) mass is 273 g/mol. The van der Waals surface area contributed by atoms with E-state index in [0.29, 0.717) is 0 Å². The van der Waals surface area contributed by atoms with E-state index in [0.717, 1.165) is 17.3 Å². The highest BCUT2D eigenvalue weighted by Gasteiger charge is 2.22. The molecule has 0 fully saturated rings. The summed E-state index contributed by atoms with van der Waals surface area (Å²) >= 11 is 7.89. The second kappa shape index (κ2) is 4.71. The molecule has 18 heavy (non-hydrogen) atoms. The topological polar surface area (TPSA) is 3.24 Å². The summed E-state index contributed by atoms with van der Waals surface area (Å²) in [6.45, 7) is 4.62. The first kappa shape index (κ1) is 11.7. The van der Waals surface area contributed by atoms with Crippen molar-refractivity contribution in [2.24, 2.45) is 0 Å². The van der Waals surface area contributed by atoms with Gasteiger partial charge in [0.05, 0.1) is 11.4 Å². The lowest BCUT2D eigenvalue weighted by Gasteiger charge is -2.32. The summed E-state index contributed by atoms with van der Waals surface area (Å²) in [6, 6.07) is 14.4. The minimum Gasteiger partial charge on any atom is -0.336 e. The van der Waals surface area contributed by atoms with Crippen molar-refractivity contribution in [3.05, 3.63) is 60.1 Å². The van der Waals surface area contributed by atoms with Gasteiger partial charge in [-0.05, 0) is 30.3 Å². The lowest BCUT2D eigenvalue weighted by molar-refractivity contribution is 1.04. The molecule has 0 spiro atoms. The molecule has 0 saturated carbocycles. The van der Waals surface area contributed by atoms with E-state index >= 15 is 0 Å². The molecule has 0 unspecified atom stereocenters. The highest BCUT2D eigenvalue weighted by atomic mass is 35.5. The second-order valence-corrected chi connectivity index (χ2v) is 5.60. The van der Waals surface area contributed by atoms with Crippen molar-refractivity contribution in [1.29, 1.82) is 0 Å². The molecular formula is C15H12ClNS. The van der Waals surface area contributed by atoms with Crippen LogP contribution in [0.5, 0.6) is 0 Å². The maximum Gasteiger partial charge on any atom is 0.0570 e. The summed E-state index contributed by atoms with van der Waals surface area (Å²) in [5.41, 5.74) is 2.38. The van der Waals surface area contributed by atoms with Crippen LogP contribution in [0.4, 0.5) is 11.4 Å². The number of halogens is 1. The molecule has 0 aromatic heterocycles. The normalized spacial score (nSPS) is 12.8. The molecule has 1 aliphatic heterocycles. The Kier molecular flexibility index (Phi) is 3.06. The van der Waals surface area contributed by atoms with Crippen molar-refractivity contribution in [1.82, 2.24) is 0 Å². The fourth-order valence-corrected chi connectivity index (χ4v) is 3.37. The number of fused-ring (bicyclic) bond motifs is 2. The number of para-hydroxylation sites is 1. The van der Waals surface area contributed by atoms with Gasteiger partial charge in [0, 0.05) is 21.4 Å². The SMILES string of the molecule is C=CCN1c2ccccc2Sc2ccc(Cl)cc21. The zero-order valence-corrected chi connectivity index (χ0v) is 11.3. The van der Waals surface area contributed by atoms with Crippen molar-refractivity contribution in [3.63, 3.8) is 0 Å². The number of anilines is 2. The Morgan fingerprint density at radius 2 is 1.89 bits per heavy atom. The molecule has 90 valence electrons. The average Bonchev–Trinajstić information content (AvgIpc) is 2.39. The molecule has 1 aliphatic rings. The van der Waals surface area contributed by atoms with Gasteiger partial charge in [-0.2, -0.15) is 0 Å². The zero-order valence-electron chi connectivity index (χ0n) is 9.77. The van der Waals surface area contributed by atoms with Crippen LogP contribution in [0.15, 0.2) is 64.9 Å². The Morgan fingerprint density at radius 3 is 2.72 bits per heavy atom. The van der Waals surface area contributed by atoms with Crippen LogP contribution < -0.4 is 4.90 Å². The van der Waals surface area contributed by atoms with E-state index in [4.69, 9.17) is 11.6 Å². The Balaban J connectivity index is 2.17. The van der Waals surface area contributed by atoms with Gasteiger partial charge >= 0.3 is 0 Å². The van der Waals surface area contributed by atoms with Crippen LogP contribution in [0.25, 0.3) is 0 Å². The highest BCUT2D eigenvalue weighted by molar-refractivity contribution is 7.99. The minimum atomic E-state index is 0.766. The van der Waals surface area contributed by atoms with E-state index in [1.54, 1.807) is 11.8 Å². The molecule has 2 aromatic carbocycles. The summed E-state index contributed by atoms with van der Waals surface area (Å²) in [4.78, 5) is 4.76. The Bertz CT molecular complexity index is 609. The van der Waals surface area contributed by atoms with Crippen LogP contribution in [0.1, 0.15) is 0 Å². The van der Waals surface area contributed by atoms with E-state index < -0.39 is 0 Å². The molecule has 0 bridgehead atoms. The number of rotatable bonds is 2. The summed E-state index contributed by atoms with van der Waals surface area (Å²) in [5.74, 6) is 0. The lowest BCUT2D eigenvalue weighted by atomic mass is 10.2. The van der Waals surface area contributed by atoms with Crippen LogP contribution in [-0.2, 0) is 0 Å². The van der Waals surface area contributed by atoms with Crippen LogP contribution >= 0.6 is 23.4 Å². The molecule has 0 amide bonds. The first-order valence-corrected chi connectivity index (χ1v) is 6.94. The molecule has 1 nitrogen and oxygen atoms in total. The smallest absolute Gasteiger partial charge is 0.0570 e. The quantitative estimate of drug-likeness (QED) is 0.698. The molecule has 1 heterocycles. The summed E-state index contributed by atoms with van der Waals surface area (Å²) in [7, 11) is 0. The lowest BCUT2D eigenvalue weighted by Crippen LogP contribution is -2.20. The molecule has 0 atom stereocenters. The van der Waals surface area contributed by atoms with Crippen LogP contribution in [0, 0.1) is 0 Å². The minimum absolute atomic E-state index is 0.766. The first-order valence-electron chi connectivity index (χ1n) is 5.74. The van der Waals surface area contributed by atoms with E-state index in [-0.39, 0.29) is 0 Å². The van der Waals surface area contributed by atoms with Gasteiger partial charge in [-0.25, -0.2) is 0 Å². The predicted octanol–water partition coefficient (Wildman–Crippen LogP) is 5.13. The molecular weight excluding hydrogens is 262 g/mol. The predicted molar refractivity (Wildman–Crippen MR) is 79.2 cm³/mol. The van der Waals surface area contributed by atoms with E-state index in [2.05, 4.69) is 41.8 Å². The fraction of sp³-hybridized carbons (Fsp3) is 0.0667. The van der Waals surface area contributed by atoms with Crippen molar-refractivity contribution < 1.29 is 0 Å². The third-order valence-electron chi connectivity index (χ3n) is 2.90. The molecule has 3 rings (SSSR count). The third kappa shape index (κ3) is 1.92. The second-order valence-electron chi connectivity index (χ2n) is 4.08. The van der Waals surface area contributed by atoms with Crippen molar-refractivity contribution in [3.8, 4) is 0 Å². The summed E-state index contributed by atoms with van der Waals surface area (Å²) in [5, 5.41) is 0.766. The molecule has 3 heteroatoms. The number of nitrogens with zero attached hydrogens (tertiary/aromatic N) is 1. The van der Waals surface area contributed by atoms with E-state index in [9.17, 15) is 0 Å². The standard InChI is InChI=1S/C15H12ClNS/c1-2-9-17-12-5-3-4-6-14(12)18-15-8-7-11(16)10-13(15)17/h2-8,10H,1,9H2. The zero-order chi connectivity index (χ0) is 12.5. The molecule has 0 saturated heterocycles. The van der Waals surface area contributed by atoms with Gasteiger partial charge in [-0.15, -0.1) is 6.58 Å². The van der Waals surface area contributed by atoms with Gasteiger partial charge in [0.2, 0.25) is 0 Å². The number of benzene rings is 2. The van der Waals surface area contributed by atoms with Crippen molar-refractivity contribution in [2.75, 3.05) is 11.4 Å². The molecule has 2 aromatic rings. The van der Waals surface area contributed by atoms with Gasteiger partial charge in [0.1, 0.15) is 0 Å². The highest BCUT2D eigenvalue weighted by Crippen LogP contribution is 2.48. The van der Waals surface area contributed by atoms with Crippen LogP contribution in [-0.4, -0.2) is 6.54 Å². The molecule has 0 N–H and O–H groups in total. The average molecular weight is 274 g/mol. The van der Waals surface area contributed by atoms with Crippen LogP contribution in [0.3, 0.4) is 0 Å². The largest absolute Gasteiger partial charge is 0.336 e. The number of hydrogen-bond donors (Lipinski definition) is 0. The van der Waals surface area contributed by atoms with Crippen molar-refractivity contribution >= 4 is 34.7 Å². The van der Waals surface area contributed by atoms with Gasteiger partial charge in [-0.1, -0.05) is 41.6 Å². The van der Waals surface area contributed by atoms with E-state index in [1.807, 2.05) is 18.2 Å².